The van der Waals surface area contributed by atoms with Crippen LogP contribution in [0.25, 0.3) is 0 Å². The van der Waals surface area contributed by atoms with Gasteiger partial charge in [0.2, 0.25) is 0 Å². The Balaban J connectivity index is 2.89. The van der Waals surface area contributed by atoms with Crippen LogP contribution in [-0.2, 0) is 7.05 Å². The lowest BCUT2D eigenvalue weighted by Crippen LogP contribution is -2.24. The molecule has 1 aromatic rings. The van der Waals surface area contributed by atoms with Gasteiger partial charge in [0.05, 0.1) is 12.1 Å². The third kappa shape index (κ3) is 1.62. The Morgan fingerprint density at radius 1 is 1.58 bits per heavy atom. The first-order valence-corrected chi connectivity index (χ1v) is 3.83. The van der Waals surface area contributed by atoms with Crippen LogP contribution in [0.1, 0.15) is 24.6 Å². The summed E-state index contributed by atoms with van der Waals surface area (Å²) in [6, 6.07) is -0.495. The molecule has 0 aliphatic heterocycles. The van der Waals surface area contributed by atoms with Crippen molar-refractivity contribution in [1.29, 1.82) is 0 Å². The molecule has 0 aliphatic carbocycles. The lowest BCUT2D eigenvalue weighted by molar-refractivity contribution is 0.160. The highest BCUT2D eigenvalue weighted by atomic mass is 16.3. The van der Waals surface area contributed by atoms with Crippen LogP contribution in [0.5, 0.6) is 0 Å². The Labute approximate surface area is 71.2 Å². The molecular formula is C7H14N4O. The van der Waals surface area contributed by atoms with E-state index < -0.39 is 12.1 Å². The van der Waals surface area contributed by atoms with Crippen LogP contribution in [0.2, 0.25) is 0 Å². The van der Waals surface area contributed by atoms with E-state index in [0.717, 1.165) is 5.82 Å². The van der Waals surface area contributed by atoms with Crippen molar-refractivity contribution in [2.45, 2.75) is 26.0 Å². The third-order valence-electron chi connectivity index (χ3n) is 1.81. The maximum Gasteiger partial charge on any atom is 0.170 e. The van der Waals surface area contributed by atoms with Gasteiger partial charge in [-0.25, -0.2) is 4.98 Å². The molecule has 0 spiro atoms. The molecule has 12 heavy (non-hydrogen) atoms. The summed E-state index contributed by atoms with van der Waals surface area (Å²) < 4.78 is 1.64. The van der Waals surface area contributed by atoms with E-state index in [2.05, 4.69) is 10.1 Å². The zero-order valence-electron chi connectivity index (χ0n) is 7.52. The van der Waals surface area contributed by atoms with E-state index in [0.29, 0.717) is 5.82 Å². The minimum absolute atomic E-state index is 0.491. The molecule has 1 heterocycles. The first kappa shape index (κ1) is 9.15. The smallest absolute Gasteiger partial charge is 0.170 e. The molecule has 5 heteroatoms. The van der Waals surface area contributed by atoms with Gasteiger partial charge < -0.3 is 10.8 Å². The van der Waals surface area contributed by atoms with Crippen LogP contribution in [0, 0.1) is 6.92 Å². The first-order chi connectivity index (χ1) is 5.52. The molecular weight excluding hydrogens is 156 g/mol. The first-order valence-electron chi connectivity index (χ1n) is 3.83. The molecule has 0 saturated carbocycles. The second-order valence-corrected chi connectivity index (χ2v) is 2.91. The van der Waals surface area contributed by atoms with E-state index in [-0.39, 0.29) is 0 Å². The number of aliphatic hydroxyl groups excluding tert-OH is 1. The number of rotatable bonds is 2. The fraction of sp³-hybridized carbons (Fsp3) is 0.714. The maximum atomic E-state index is 9.16. The molecule has 0 aromatic carbocycles. The summed E-state index contributed by atoms with van der Waals surface area (Å²) in [6.07, 6.45) is -0.619. The molecule has 3 N–H and O–H groups in total. The minimum Gasteiger partial charge on any atom is -0.391 e. The van der Waals surface area contributed by atoms with Crippen molar-refractivity contribution in [3.63, 3.8) is 0 Å². The van der Waals surface area contributed by atoms with Gasteiger partial charge >= 0.3 is 0 Å². The van der Waals surface area contributed by atoms with Crippen LogP contribution in [0.3, 0.4) is 0 Å². The number of aliphatic hydroxyl groups is 1. The van der Waals surface area contributed by atoms with Gasteiger partial charge in [0, 0.05) is 7.05 Å². The largest absolute Gasteiger partial charge is 0.391 e. The van der Waals surface area contributed by atoms with Crippen molar-refractivity contribution in [3.05, 3.63) is 11.6 Å². The Kier molecular flexibility index (Phi) is 2.44. The lowest BCUT2D eigenvalue weighted by atomic mass is 10.2. The second-order valence-electron chi connectivity index (χ2n) is 2.91. The Bertz CT molecular complexity index is 249. The molecule has 0 aliphatic rings. The van der Waals surface area contributed by atoms with E-state index in [1.165, 1.54) is 0 Å². The average Bonchev–Trinajstić information content (AvgIpc) is 2.30. The van der Waals surface area contributed by atoms with Gasteiger partial charge in [-0.2, -0.15) is 5.10 Å². The van der Waals surface area contributed by atoms with Gasteiger partial charge in [-0.1, -0.05) is 0 Å². The number of hydrogen-bond donors (Lipinski definition) is 2. The monoisotopic (exact) mass is 170 g/mol. The average molecular weight is 170 g/mol. The molecule has 5 nitrogen and oxygen atoms in total. The van der Waals surface area contributed by atoms with Crippen LogP contribution < -0.4 is 5.73 Å². The highest BCUT2D eigenvalue weighted by molar-refractivity contribution is 4.97. The van der Waals surface area contributed by atoms with Gasteiger partial charge in [-0.3, -0.25) is 4.68 Å². The summed E-state index contributed by atoms with van der Waals surface area (Å²) in [7, 11) is 1.79. The van der Waals surface area contributed by atoms with Crippen molar-refractivity contribution >= 4 is 0 Å². The molecule has 0 amide bonds. The van der Waals surface area contributed by atoms with Crippen LogP contribution in [-0.4, -0.2) is 26.0 Å². The normalized spacial score (nSPS) is 16.1. The Hall–Kier alpha value is -0.940. The molecule has 2 atom stereocenters. The van der Waals surface area contributed by atoms with Gasteiger partial charge in [0.1, 0.15) is 5.82 Å². The molecule has 0 bridgehead atoms. The number of aryl methyl sites for hydroxylation is 2. The lowest BCUT2D eigenvalue weighted by Gasteiger charge is -2.09. The van der Waals surface area contributed by atoms with Crippen molar-refractivity contribution in [2.24, 2.45) is 12.8 Å². The number of hydrogen-bond acceptors (Lipinski definition) is 4. The maximum absolute atomic E-state index is 9.16. The van der Waals surface area contributed by atoms with Crippen molar-refractivity contribution in [1.82, 2.24) is 14.8 Å². The Morgan fingerprint density at radius 2 is 2.17 bits per heavy atom. The minimum atomic E-state index is -0.619. The van der Waals surface area contributed by atoms with Gasteiger partial charge in [0.25, 0.3) is 0 Å². The highest BCUT2D eigenvalue weighted by Crippen LogP contribution is 2.09. The van der Waals surface area contributed by atoms with Crippen LogP contribution in [0.4, 0.5) is 0 Å². The fourth-order valence-electron chi connectivity index (χ4n) is 0.843. The second kappa shape index (κ2) is 3.20. The summed E-state index contributed by atoms with van der Waals surface area (Å²) in [5.74, 6) is 1.28. The van der Waals surface area contributed by atoms with Gasteiger partial charge in [0.15, 0.2) is 5.82 Å². The number of aromatic nitrogens is 3. The van der Waals surface area contributed by atoms with E-state index in [9.17, 15) is 0 Å². The predicted molar refractivity (Wildman–Crippen MR) is 44.3 cm³/mol. The van der Waals surface area contributed by atoms with E-state index in [1.54, 1.807) is 18.7 Å². The molecule has 1 aromatic heterocycles. The van der Waals surface area contributed by atoms with Crippen molar-refractivity contribution in [3.8, 4) is 0 Å². The van der Waals surface area contributed by atoms with Gasteiger partial charge in [-0.05, 0) is 13.8 Å². The fourth-order valence-corrected chi connectivity index (χ4v) is 0.843. The summed E-state index contributed by atoms with van der Waals surface area (Å²) in [5, 5.41) is 13.2. The van der Waals surface area contributed by atoms with Crippen molar-refractivity contribution in [2.75, 3.05) is 0 Å². The molecule has 2 unspecified atom stereocenters. The number of nitrogens with two attached hydrogens (primary N) is 1. The zero-order valence-corrected chi connectivity index (χ0v) is 7.52. The summed E-state index contributed by atoms with van der Waals surface area (Å²) in [6.45, 7) is 3.46. The third-order valence-corrected chi connectivity index (χ3v) is 1.81. The van der Waals surface area contributed by atoms with E-state index in [1.807, 2.05) is 6.92 Å². The summed E-state index contributed by atoms with van der Waals surface area (Å²) >= 11 is 0. The molecule has 0 saturated heterocycles. The SMILES string of the molecule is Cc1nc(C(N)C(C)O)nn1C. The van der Waals surface area contributed by atoms with Gasteiger partial charge in [-0.15, -0.1) is 0 Å². The zero-order chi connectivity index (χ0) is 9.30. The van der Waals surface area contributed by atoms with E-state index in [4.69, 9.17) is 10.8 Å². The molecule has 1 rings (SSSR count). The molecule has 68 valence electrons. The summed E-state index contributed by atoms with van der Waals surface area (Å²) in [4.78, 5) is 4.10. The predicted octanol–water partition coefficient (Wildman–Crippen LogP) is -0.496. The van der Waals surface area contributed by atoms with E-state index >= 15 is 0 Å². The molecule has 0 fully saturated rings. The number of nitrogens with zero attached hydrogens (tertiary/aromatic N) is 3. The molecule has 0 radical (unpaired) electrons. The van der Waals surface area contributed by atoms with Crippen LogP contribution >= 0.6 is 0 Å². The summed E-state index contributed by atoms with van der Waals surface area (Å²) in [5.41, 5.74) is 5.63. The standard InChI is InChI=1S/C7H14N4O/c1-4(12)6(8)7-9-5(2)11(3)10-7/h4,6,12H,8H2,1-3H3. The topological polar surface area (TPSA) is 77.0 Å². The highest BCUT2D eigenvalue weighted by Gasteiger charge is 2.17. The van der Waals surface area contributed by atoms with Crippen LogP contribution in [0.15, 0.2) is 0 Å². The quantitative estimate of drug-likeness (QED) is 0.627. The van der Waals surface area contributed by atoms with Crippen molar-refractivity contribution < 1.29 is 5.11 Å². The Morgan fingerprint density at radius 3 is 2.50 bits per heavy atom.